The fourth-order valence-electron chi connectivity index (χ4n) is 3.63. The van der Waals surface area contributed by atoms with Crippen molar-refractivity contribution >= 4 is 39.1 Å². The molecule has 0 radical (unpaired) electrons. The summed E-state index contributed by atoms with van der Waals surface area (Å²) in [5.74, 6) is 0.287. The van der Waals surface area contributed by atoms with Crippen molar-refractivity contribution in [1.82, 2.24) is 10.6 Å². The van der Waals surface area contributed by atoms with Crippen LogP contribution in [0.4, 0.5) is 10.5 Å². The normalized spacial score (nSPS) is 25.4. The highest BCUT2D eigenvalue weighted by atomic mass is 35.5. The number of nitrogens with one attached hydrogen (secondary N) is 3. The number of rotatable bonds is 7. The maximum absolute atomic E-state index is 12.3. The minimum atomic E-state index is -3.24. The summed E-state index contributed by atoms with van der Waals surface area (Å²) in [6, 6.07) is 3.89. The molecule has 3 rings (SSSR count). The zero-order valence-electron chi connectivity index (χ0n) is 14.8. The van der Waals surface area contributed by atoms with E-state index in [0.717, 1.165) is 0 Å². The molecule has 2 saturated heterocycles. The molecule has 0 spiro atoms. The number of hydrogen-bond donors (Lipinski definition) is 3. The second kappa shape index (κ2) is 7.93. The van der Waals surface area contributed by atoms with Gasteiger partial charge in [0, 0.05) is 11.4 Å². The third kappa shape index (κ3) is 4.47. The van der Waals surface area contributed by atoms with Gasteiger partial charge in [-0.15, -0.1) is 0 Å². The molecule has 1 aromatic rings. The average molecular weight is 416 g/mol. The molecule has 2 aliphatic heterocycles. The second-order valence-corrected chi connectivity index (χ2v) is 9.46. The lowest BCUT2D eigenvalue weighted by Crippen LogP contribution is -2.39. The maximum atomic E-state index is 12.3. The number of methoxy groups -OCH3 is 1. The van der Waals surface area contributed by atoms with Crippen LogP contribution in [0.1, 0.15) is 25.7 Å². The van der Waals surface area contributed by atoms with Gasteiger partial charge in [-0.1, -0.05) is 18.0 Å². The molecule has 3 atom stereocenters. The Balaban J connectivity index is 1.48. The molecule has 8 nitrogen and oxygen atoms in total. The molecular formula is C17H22ClN3O5S. The van der Waals surface area contributed by atoms with E-state index in [1.54, 1.807) is 18.2 Å². The van der Waals surface area contributed by atoms with Crippen molar-refractivity contribution in [1.29, 1.82) is 0 Å². The van der Waals surface area contributed by atoms with Crippen LogP contribution >= 0.6 is 11.6 Å². The number of halogens is 1. The van der Waals surface area contributed by atoms with Crippen molar-refractivity contribution in [2.24, 2.45) is 0 Å². The Morgan fingerprint density at radius 2 is 2.11 bits per heavy atom. The van der Waals surface area contributed by atoms with Crippen LogP contribution in [0.2, 0.25) is 5.02 Å². The van der Waals surface area contributed by atoms with Gasteiger partial charge in [0.1, 0.15) is 5.75 Å². The van der Waals surface area contributed by atoms with Gasteiger partial charge in [0.25, 0.3) is 0 Å². The summed E-state index contributed by atoms with van der Waals surface area (Å²) in [7, 11) is -1.74. The number of carbonyl (C=O) groups is 2. The lowest BCUT2D eigenvalue weighted by atomic mass is 10.0. The summed E-state index contributed by atoms with van der Waals surface area (Å²) in [6.45, 7) is 0. The Morgan fingerprint density at radius 1 is 1.33 bits per heavy atom. The number of fused-ring (bicyclic) bond motifs is 1. The molecule has 0 aliphatic carbocycles. The van der Waals surface area contributed by atoms with Crippen molar-refractivity contribution < 1.29 is 22.7 Å². The van der Waals surface area contributed by atoms with Crippen LogP contribution in [0.3, 0.4) is 0 Å². The summed E-state index contributed by atoms with van der Waals surface area (Å²) in [5.41, 5.74) is 0.496. The van der Waals surface area contributed by atoms with Gasteiger partial charge in [0.2, 0.25) is 5.91 Å². The van der Waals surface area contributed by atoms with Crippen LogP contribution in [-0.4, -0.2) is 50.6 Å². The molecule has 2 fully saturated rings. The van der Waals surface area contributed by atoms with Gasteiger partial charge in [0.15, 0.2) is 9.84 Å². The van der Waals surface area contributed by atoms with Gasteiger partial charge in [-0.2, -0.15) is 0 Å². The number of benzene rings is 1. The summed E-state index contributed by atoms with van der Waals surface area (Å²) in [4.78, 5) is 23.5. The second-order valence-electron chi connectivity index (χ2n) is 6.76. The Bertz CT molecular complexity index is 845. The van der Waals surface area contributed by atoms with Gasteiger partial charge < -0.3 is 20.7 Å². The molecule has 0 saturated carbocycles. The van der Waals surface area contributed by atoms with E-state index in [-0.39, 0.29) is 36.2 Å². The first-order chi connectivity index (χ1) is 12.8. The molecule has 1 aromatic carbocycles. The van der Waals surface area contributed by atoms with Crippen molar-refractivity contribution in [3.05, 3.63) is 23.2 Å². The van der Waals surface area contributed by atoms with E-state index in [1.165, 1.54) is 7.11 Å². The molecule has 0 unspecified atom stereocenters. The number of unbranched alkanes of at least 4 members (excludes halogenated alkanes) is 1. The number of hydrogen-bond acceptors (Lipinski definition) is 5. The van der Waals surface area contributed by atoms with Crippen LogP contribution in [0.25, 0.3) is 0 Å². The number of amides is 3. The highest BCUT2D eigenvalue weighted by molar-refractivity contribution is 7.92. The molecule has 3 amide bonds. The van der Waals surface area contributed by atoms with Gasteiger partial charge in [0.05, 0.1) is 35.9 Å². The third-order valence-corrected chi connectivity index (χ3v) is 7.41. The predicted molar refractivity (Wildman–Crippen MR) is 102 cm³/mol. The van der Waals surface area contributed by atoms with Crippen molar-refractivity contribution in [2.45, 2.75) is 43.0 Å². The molecule has 10 heteroatoms. The number of urea groups is 1. The van der Waals surface area contributed by atoms with Crippen LogP contribution in [-0.2, 0) is 14.6 Å². The molecule has 2 aliphatic rings. The van der Waals surface area contributed by atoms with Gasteiger partial charge >= 0.3 is 6.03 Å². The zero-order valence-corrected chi connectivity index (χ0v) is 16.4. The molecule has 148 valence electrons. The SMILES string of the molecule is COc1ccc(Cl)cc1NC(=O)CCCC[C@@H]1[C@H]2NC(=O)N[C@H]2CS1(=O)=O. The highest BCUT2D eigenvalue weighted by Crippen LogP contribution is 2.29. The van der Waals surface area contributed by atoms with Crippen molar-refractivity contribution in [3.63, 3.8) is 0 Å². The Morgan fingerprint density at radius 3 is 2.85 bits per heavy atom. The molecular weight excluding hydrogens is 394 g/mol. The topological polar surface area (TPSA) is 114 Å². The van der Waals surface area contributed by atoms with Gasteiger partial charge in [-0.25, -0.2) is 13.2 Å². The minimum absolute atomic E-state index is 0.0316. The van der Waals surface area contributed by atoms with Crippen molar-refractivity contribution in [3.8, 4) is 5.75 Å². The van der Waals surface area contributed by atoms with E-state index < -0.39 is 15.1 Å². The Hall–Kier alpha value is -2.00. The quantitative estimate of drug-likeness (QED) is 0.463. The molecule has 27 heavy (non-hydrogen) atoms. The van der Waals surface area contributed by atoms with E-state index in [1.807, 2.05) is 0 Å². The van der Waals surface area contributed by atoms with E-state index in [2.05, 4.69) is 16.0 Å². The van der Waals surface area contributed by atoms with Crippen LogP contribution in [0, 0.1) is 0 Å². The maximum Gasteiger partial charge on any atom is 0.315 e. The zero-order chi connectivity index (χ0) is 19.6. The molecule has 2 heterocycles. The van der Waals surface area contributed by atoms with Gasteiger partial charge in [-0.05, 0) is 31.0 Å². The lowest BCUT2D eigenvalue weighted by Gasteiger charge is -2.16. The molecule has 0 aromatic heterocycles. The first-order valence-corrected chi connectivity index (χ1v) is 10.8. The predicted octanol–water partition coefficient (Wildman–Crippen LogP) is 1.69. The first-order valence-electron chi connectivity index (χ1n) is 8.72. The van der Waals surface area contributed by atoms with E-state index in [4.69, 9.17) is 16.3 Å². The Labute approximate surface area is 162 Å². The van der Waals surface area contributed by atoms with E-state index >= 15 is 0 Å². The van der Waals surface area contributed by atoms with E-state index in [0.29, 0.717) is 35.7 Å². The highest BCUT2D eigenvalue weighted by Gasteiger charge is 2.51. The average Bonchev–Trinajstić information content (AvgIpc) is 3.03. The number of ether oxygens (including phenoxy) is 1. The summed E-state index contributed by atoms with van der Waals surface area (Å²) in [6.07, 6.45) is 1.78. The standard InChI is InChI=1S/C17H22ClN3O5S/c1-26-13-7-6-10(18)8-11(13)19-15(22)5-3-2-4-14-16-12(9-27(14,24)25)20-17(23)21-16/h6-8,12,14,16H,2-5,9H2,1H3,(H,19,22)(H2,20,21,23)/t12-,14+,16-/m0/s1. The first kappa shape index (κ1) is 19.8. The number of anilines is 1. The molecule has 0 bridgehead atoms. The largest absolute Gasteiger partial charge is 0.495 e. The number of carbonyl (C=O) groups excluding carboxylic acids is 2. The number of sulfone groups is 1. The van der Waals surface area contributed by atoms with Crippen LogP contribution in [0.15, 0.2) is 18.2 Å². The molecule has 3 N–H and O–H groups in total. The van der Waals surface area contributed by atoms with E-state index in [9.17, 15) is 18.0 Å². The lowest BCUT2D eigenvalue weighted by molar-refractivity contribution is -0.116. The monoisotopic (exact) mass is 415 g/mol. The van der Waals surface area contributed by atoms with Gasteiger partial charge in [-0.3, -0.25) is 4.79 Å². The van der Waals surface area contributed by atoms with Crippen molar-refractivity contribution in [2.75, 3.05) is 18.2 Å². The summed E-state index contributed by atoms with van der Waals surface area (Å²) >= 11 is 5.94. The smallest absolute Gasteiger partial charge is 0.315 e. The minimum Gasteiger partial charge on any atom is -0.495 e. The third-order valence-electron chi connectivity index (χ3n) is 4.90. The Kier molecular flexibility index (Phi) is 5.81. The van der Waals surface area contributed by atoms with Crippen LogP contribution in [0.5, 0.6) is 5.75 Å². The van der Waals surface area contributed by atoms with Crippen LogP contribution < -0.4 is 20.7 Å². The summed E-state index contributed by atoms with van der Waals surface area (Å²) in [5, 5.41) is 7.97. The summed E-state index contributed by atoms with van der Waals surface area (Å²) < 4.78 is 29.7. The fraction of sp³-hybridized carbons (Fsp3) is 0.529. The fourth-order valence-corrected chi connectivity index (χ4v) is 6.07.